The number of anilines is 2. The number of aryl methyl sites for hydroxylation is 2. The number of hydrogen-bond donors (Lipinski definition) is 2. The van der Waals surface area contributed by atoms with Crippen LogP contribution >= 0.6 is 0 Å². The quantitative estimate of drug-likeness (QED) is 0.846. The SMILES string of the molecule is Cc1noc(C)c1CC1Nc2cocc2NC1=O. The van der Waals surface area contributed by atoms with E-state index in [0.717, 1.165) is 22.7 Å². The molecule has 0 spiro atoms. The van der Waals surface area contributed by atoms with Gasteiger partial charge in [0.05, 0.1) is 11.4 Å². The molecule has 3 heterocycles. The van der Waals surface area contributed by atoms with Crippen LogP contribution in [-0.4, -0.2) is 17.1 Å². The first kappa shape index (κ1) is 10.9. The average molecular weight is 247 g/mol. The number of fused-ring (bicyclic) bond motifs is 1. The Labute approximate surface area is 103 Å². The van der Waals surface area contributed by atoms with Crippen LogP contribution in [0.25, 0.3) is 0 Å². The summed E-state index contributed by atoms with van der Waals surface area (Å²) in [6.45, 7) is 3.72. The zero-order chi connectivity index (χ0) is 12.7. The normalized spacial score (nSPS) is 18.1. The van der Waals surface area contributed by atoms with Gasteiger partial charge in [-0.3, -0.25) is 4.79 Å². The smallest absolute Gasteiger partial charge is 0.247 e. The minimum absolute atomic E-state index is 0.0797. The maximum absolute atomic E-state index is 11.9. The molecule has 6 nitrogen and oxygen atoms in total. The molecule has 3 rings (SSSR count). The van der Waals surface area contributed by atoms with Gasteiger partial charge < -0.3 is 19.6 Å². The Morgan fingerprint density at radius 1 is 1.33 bits per heavy atom. The molecule has 0 saturated carbocycles. The molecule has 2 N–H and O–H groups in total. The molecule has 1 amide bonds. The number of furan rings is 1. The summed E-state index contributed by atoms with van der Waals surface area (Å²) in [5.41, 5.74) is 3.26. The molecule has 0 saturated heterocycles. The summed E-state index contributed by atoms with van der Waals surface area (Å²) in [5.74, 6) is 0.670. The van der Waals surface area contributed by atoms with Gasteiger partial charge >= 0.3 is 0 Å². The fourth-order valence-corrected chi connectivity index (χ4v) is 2.12. The third kappa shape index (κ3) is 1.66. The monoisotopic (exact) mass is 247 g/mol. The molecule has 0 fully saturated rings. The van der Waals surface area contributed by atoms with E-state index in [9.17, 15) is 4.79 Å². The second-order valence-electron chi connectivity index (χ2n) is 4.39. The van der Waals surface area contributed by atoms with Crippen molar-refractivity contribution in [3.8, 4) is 0 Å². The minimum atomic E-state index is -0.341. The van der Waals surface area contributed by atoms with Gasteiger partial charge in [-0.15, -0.1) is 0 Å². The van der Waals surface area contributed by atoms with Crippen LogP contribution < -0.4 is 10.6 Å². The van der Waals surface area contributed by atoms with Crippen LogP contribution in [0.15, 0.2) is 21.5 Å². The van der Waals surface area contributed by atoms with Gasteiger partial charge in [0, 0.05) is 12.0 Å². The van der Waals surface area contributed by atoms with Gasteiger partial charge in [0.1, 0.15) is 30.0 Å². The van der Waals surface area contributed by atoms with Crippen molar-refractivity contribution < 1.29 is 13.7 Å². The molecular formula is C12H13N3O3. The Morgan fingerprint density at radius 2 is 2.11 bits per heavy atom. The van der Waals surface area contributed by atoms with Crippen molar-refractivity contribution in [2.45, 2.75) is 26.3 Å². The molecule has 2 aromatic heterocycles. The van der Waals surface area contributed by atoms with Crippen molar-refractivity contribution >= 4 is 17.3 Å². The predicted molar refractivity (Wildman–Crippen MR) is 64.4 cm³/mol. The van der Waals surface area contributed by atoms with E-state index in [1.54, 1.807) is 6.26 Å². The van der Waals surface area contributed by atoms with Crippen molar-refractivity contribution in [3.63, 3.8) is 0 Å². The van der Waals surface area contributed by atoms with Gasteiger partial charge in [-0.2, -0.15) is 0 Å². The number of amides is 1. The maximum atomic E-state index is 11.9. The van der Waals surface area contributed by atoms with Crippen molar-refractivity contribution in [1.29, 1.82) is 0 Å². The average Bonchev–Trinajstić information content (AvgIpc) is 2.90. The van der Waals surface area contributed by atoms with Gasteiger partial charge in [0.2, 0.25) is 5.91 Å². The van der Waals surface area contributed by atoms with Crippen LogP contribution in [0.5, 0.6) is 0 Å². The van der Waals surface area contributed by atoms with E-state index in [1.807, 2.05) is 13.8 Å². The largest absolute Gasteiger partial charge is 0.468 e. The summed E-state index contributed by atoms with van der Waals surface area (Å²) in [7, 11) is 0. The molecule has 0 radical (unpaired) electrons. The van der Waals surface area contributed by atoms with E-state index in [1.165, 1.54) is 6.26 Å². The third-order valence-corrected chi connectivity index (χ3v) is 3.16. The highest BCUT2D eigenvalue weighted by molar-refractivity contribution is 6.02. The third-order valence-electron chi connectivity index (χ3n) is 3.16. The number of nitrogens with zero attached hydrogens (tertiary/aromatic N) is 1. The van der Waals surface area contributed by atoms with Crippen molar-refractivity contribution in [2.75, 3.05) is 10.6 Å². The zero-order valence-electron chi connectivity index (χ0n) is 10.1. The Balaban J connectivity index is 1.84. The molecule has 6 heteroatoms. The number of carbonyl (C=O) groups excluding carboxylic acids is 1. The predicted octanol–water partition coefficient (Wildman–Crippen LogP) is 1.86. The Hall–Kier alpha value is -2.24. The fraction of sp³-hybridized carbons (Fsp3) is 0.333. The lowest BCUT2D eigenvalue weighted by Crippen LogP contribution is -2.40. The van der Waals surface area contributed by atoms with E-state index >= 15 is 0 Å². The highest BCUT2D eigenvalue weighted by Gasteiger charge is 2.28. The van der Waals surface area contributed by atoms with Crippen LogP contribution in [-0.2, 0) is 11.2 Å². The van der Waals surface area contributed by atoms with Gasteiger partial charge in [-0.05, 0) is 13.8 Å². The molecule has 1 aliphatic heterocycles. The van der Waals surface area contributed by atoms with E-state index in [2.05, 4.69) is 15.8 Å². The maximum Gasteiger partial charge on any atom is 0.247 e. The molecule has 1 unspecified atom stereocenters. The van der Waals surface area contributed by atoms with Crippen LogP contribution in [0.1, 0.15) is 17.0 Å². The van der Waals surface area contributed by atoms with E-state index in [4.69, 9.17) is 8.94 Å². The molecule has 1 atom stereocenters. The first-order chi connectivity index (χ1) is 8.65. The summed E-state index contributed by atoms with van der Waals surface area (Å²) in [6, 6.07) is -0.341. The second-order valence-corrected chi connectivity index (χ2v) is 4.39. The number of hydrogen-bond acceptors (Lipinski definition) is 5. The molecule has 0 aliphatic carbocycles. The zero-order valence-corrected chi connectivity index (χ0v) is 10.1. The molecule has 0 bridgehead atoms. The molecule has 0 aromatic carbocycles. The molecule has 2 aromatic rings. The highest BCUT2D eigenvalue weighted by Crippen LogP contribution is 2.29. The minimum Gasteiger partial charge on any atom is -0.468 e. The summed E-state index contributed by atoms with van der Waals surface area (Å²) >= 11 is 0. The van der Waals surface area contributed by atoms with Crippen LogP contribution in [0.3, 0.4) is 0 Å². The first-order valence-electron chi connectivity index (χ1n) is 5.70. The van der Waals surface area contributed by atoms with Crippen LogP contribution in [0.2, 0.25) is 0 Å². The lowest BCUT2D eigenvalue weighted by Gasteiger charge is -2.23. The topological polar surface area (TPSA) is 80.3 Å². The van der Waals surface area contributed by atoms with Gasteiger partial charge in [-0.1, -0.05) is 5.16 Å². The van der Waals surface area contributed by atoms with E-state index in [0.29, 0.717) is 12.1 Å². The van der Waals surface area contributed by atoms with Crippen molar-refractivity contribution in [1.82, 2.24) is 5.16 Å². The van der Waals surface area contributed by atoms with E-state index < -0.39 is 0 Å². The number of aromatic nitrogens is 1. The molecule has 1 aliphatic rings. The van der Waals surface area contributed by atoms with Gasteiger partial charge in [-0.25, -0.2) is 0 Å². The van der Waals surface area contributed by atoms with Crippen LogP contribution in [0, 0.1) is 13.8 Å². The second kappa shape index (κ2) is 3.90. The van der Waals surface area contributed by atoms with Crippen LogP contribution in [0.4, 0.5) is 11.4 Å². The number of carbonyl (C=O) groups is 1. The first-order valence-corrected chi connectivity index (χ1v) is 5.70. The highest BCUT2D eigenvalue weighted by atomic mass is 16.5. The van der Waals surface area contributed by atoms with Crippen molar-refractivity contribution in [3.05, 3.63) is 29.5 Å². The van der Waals surface area contributed by atoms with Crippen molar-refractivity contribution in [2.24, 2.45) is 0 Å². The van der Waals surface area contributed by atoms with Gasteiger partial charge in [0.25, 0.3) is 0 Å². The molecule has 94 valence electrons. The summed E-state index contributed by atoms with van der Waals surface area (Å²) in [4.78, 5) is 11.9. The number of rotatable bonds is 2. The fourth-order valence-electron chi connectivity index (χ4n) is 2.12. The number of nitrogens with one attached hydrogen (secondary N) is 2. The summed E-state index contributed by atoms with van der Waals surface area (Å²) < 4.78 is 10.1. The summed E-state index contributed by atoms with van der Waals surface area (Å²) in [6.07, 6.45) is 3.62. The van der Waals surface area contributed by atoms with Gasteiger partial charge in [0.15, 0.2) is 0 Å². The summed E-state index contributed by atoms with van der Waals surface area (Å²) in [5, 5.41) is 9.83. The Bertz CT molecular complexity index is 580. The molecule has 18 heavy (non-hydrogen) atoms. The Morgan fingerprint density at radius 3 is 2.83 bits per heavy atom. The molecular weight excluding hydrogens is 234 g/mol. The lowest BCUT2D eigenvalue weighted by molar-refractivity contribution is -0.117. The Kier molecular flexibility index (Phi) is 2.36. The lowest BCUT2D eigenvalue weighted by atomic mass is 10.0. The van der Waals surface area contributed by atoms with E-state index in [-0.39, 0.29) is 11.9 Å². The standard InChI is InChI=1S/C12H13N3O3/c1-6-8(7(2)18-15-6)3-9-12(16)14-11-5-17-4-10(11)13-9/h4-5,9,13H,3H2,1-2H3,(H,14,16).